The largest absolute Gasteiger partial charge is 0.478 e. The molecule has 2 fully saturated rings. The number of carbonyl (C=O) groups excluding carboxylic acids is 1. The van der Waals surface area contributed by atoms with Gasteiger partial charge in [-0.15, -0.1) is 0 Å². The molecule has 7 nitrogen and oxygen atoms in total. The van der Waals surface area contributed by atoms with Crippen molar-refractivity contribution in [2.24, 2.45) is 0 Å². The Morgan fingerprint density at radius 1 is 0.900 bits per heavy atom. The molecule has 4 aromatic rings. The number of benzene rings is 2. The zero-order valence-electron chi connectivity index (χ0n) is 27.7. The van der Waals surface area contributed by atoms with E-state index in [1.54, 1.807) is 13.0 Å². The fourth-order valence-corrected chi connectivity index (χ4v) is 7.02. The topological polar surface area (TPSA) is 70.6 Å². The Kier molecular flexibility index (Phi) is 10.6. The van der Waals surface area contributed by atoms with Gasteiger partial charge in [-0.2, -0.15) is 26.3 Å². The molecule has 13 heteroatoms. The second-order valence-electron chi connectivity index (χ2n) is 12.8. The highest BCUT2D eigenvalue weighted by atomic mass is 19.4. The smallest absolute Gasteiger partial charge is 0.416 e. The number of pyridine rings is 2. The standard InChI is InChI=1S/C37H39F6N5O2/c1-2-50-30-15-14-29-33(45-30)31(35(49)46-34(37(41,42)43)24-10-5-3-6-11-24)28(32(44-29)25-12-9-13-26(22-25)36(38,39)40)23-47-20-16-27(17-21-47)48-18-7-4-8-19-48/h3,5-6,9-15,22,27,34H,2,4,7-8,16-21,23H2,1H3,(H,46,49)/t34-/m1/s1. The molecule has 0 aliphatic carbocycles. The number of halogens is 6. The van der Waals surface area contributed by atoms with Crippen molar-refractivity contribution in [3.8, 4) is 17.1 Å². The van der Waals surface area contributed by atoms with E-state index in [-0.39, 0.29) is 58.0 Å². The highest BCUT2D eigenvalue weighted by molar-refractivity contribution is 6.08. The van der Waals surface area contributed by atoms with Crippen molar-refractivity contribution in [1.82, 2.24) is 25.1 Å². The van der Waals surface area contributed by atoms with Gasteiger partial charge in [-0.3, -0.25) is 9.69 Å². The van der Waals surface area contributed by atoms with Crippen LogP contribution >= 0.6 is 0 Å². The molecule has 0 radical (unpaired) electrons. The van der Waals surface area contributed by atoms with E-state index in [9.17, 15) is 31.1 Å². The van der Waals surface area contributed by atoms with E-state index in [2.05, 4.69) is 20.1 Å². The van der Waals surface area contributed by atoms with Crippen LogP contribution in [0.5, 0.6) is 5.88 Å². The van der Waals surface area contributed by atoms with Crippen LogP contribution in [0.15, 0.2) is 66.7 Å². The molecular formula is C37H39F6N5O2. The number of piperidine rings is 2. The van der Waals surface area contributed by atoms with Crippen LogP contribution in [0, 0.1) is 0 Å². The molecule has 1 amide bonds. The van der Waals surface area contributed by atoms with Crippen LogP contribution in [0.4, 0.5) is 26.3 Å². The van der Waals surface area contributed by atoms with Crippen LogP contribution in [0.3, 0.4) is 0 Å². The first-order chi connectivity index (χ1) is 23.9. The highest BCUT2D eigenvalue weighted by Gasteiger charge is 2.43. The van der Waals surface area contributed by atoms with Crippen LogP contribution in [-0.4, -0.2) is 70.7 Å². The molecule has 2 aromatic carbocycles. The van der Waals surface area contributed by atoms with E-state index in [0.717, 1.165) is 50.9 Å². The molecule has 1 N–H and O–H groups in total. The number of rotatable bonds is 9. The second kappa shape index (κ2) is 14.9. The summed E-state index contributed by atoms with van der Waals surface area (Å²) in [6, 6.07) is 12.7. The van der Waals surface area contributed by atoms with E-state index in [0.29, 0.717) is 19.1 Å². The summed E-state index contributed by atoms with van der Waals surface area (Å²) in [5.74, 6) is -0.942. The molecule has 0 bridgehead atoms. The third-order valence-electron chi connectivity index (χ3n) is 9.47. The summed E-state index contributed by atoms with van der Waals surface area (Å²) >= 11 is 0. The number of likely N-dealkylation sites (tertiary alicyclic amines) is 2. The van der Waals surface area contributed by atoms with Crippen LogP contribution < -0.4 is 10.1 Å². The molecule has 6 rings (SSSR count). The molecule has 4 heterocycles. The van der Waals surface area contributed by atoms with Gasteiger partial charge in [-0.25, -0.2) is 9.97 Å². The Morgan fingerprint density at radius 3 is 2.28 bits per heavy atom. The lowest BCUT2D eigenvalue weighted by molar-refractivity contribution is -0.155. The molecule has 1 atom stereocenters. The molecule has 2 aromatic heterocycles. The van der Waals surface area contributed by atoms with Gasteiger partial charge < -0.3 is 15.0 Å². The molecule has 0 saturated carbocycles. The fraction of sp³-hybridized carbons (Fsp3) is 0.432. The Bertz CT molecular complexity index is 1790. The third-order valence-corrected chi connectivity index (χ3v) is 9.47. The number of carbonyl (C=O) groups is 1. The van der Waals surface area contributed by atoms with Crippen molar-refractivity contribution in [1.29, 1.82) is 0 Å². The van der Waals surface area contributed by atoms with Gasteiger partial charge in [0.2, 0.25) is 5.88 Å². The van der Waals surface area contributed by atoms with Crippen molar-refractivity contribution >= 4 is 16.9 Å². The average Bonchev–Trinajstić information content (AvgIpc) is 3.10. The Morgan fingerprint density at radius 2 is 1.62 bits per heavy atom. The maximum Gasteiger partial charge on any atom is 0.416 e. The minimum absolute atomic E-state index is 0.00337. The SMILES string of the molecule is CCOc1ccc2nc(-c3cccc(C(F)(F)F)c3)c(CN3CCC(N4CCCCC4)CC3)c(C(=O)N[C@H](c3ccccc3)C(F)(F)F)c2n1. The minimum atomic E-state index is -4.86. The number of ether oxygens (including phenoxy) is 1. The molecule has 0 spiro atoms. The zero-order chi connectivity index (χ0) is 35.5. The van der Waals surface area contributed by atoms with Crippen molar-refractivity contribution in [2.45, 2.75) is 70.0 Å². The Balaban J connectivity index is 1.49. The van der Waals surface area contributed by atoms with Gasteiger partial charge in [-0.1, -0.05) is 48.9 Å². The molecular weight excluding hydrogens is 660 g/mol. The van der Waals surface area contributed by atoms with E-state index in [1.807, 2.05) is 0 Å². The first kappa shape index (κ1) is 35.6. The van der Waals surface area contributed by atoms with Gasteiger partial charge in [0.05, 0.1) is 28.9 Å². The number of alkyl halides is 6. The molecule has 0 unspecified atom stereocenters. The van der Waals surface area contributed by atoms with Gasteiger partial charge in [0.1, 0.15) is 5.52 Å². The summed E-state index contributed by atoms with van der Waals surface area (Å²) in [4.78, 5) is 28.2. The van der Waals surface area contributed by atoms with Gasteiger partial charge in [0.25, 0.3) is 5.91 Å². The molecule has 2 aliphatic rings. The summed E-state index contributed by atoms with van der Waals surface area (Å²) in [6.07, 6.45) is -4.30. The lowest BCUT2D eigenvalue weighted by Crippen LogP contribution is -2.46. The minimum Gasteiger partial charge on any atom is -0.478 e. The molecule has 266 valence electrons. The molecule has 50 heavy (non-hydrogen) atoms. The van der Waals surface area contributed by atoms with Crippen LogP contribution in [0.2, 0.25) is 0 Å². The predicted octanol–water partition coefficient (Wildman–Crippen LogP) is 8.20. The summed E-state index contributed by atoms with van der Waals surface area (Å²) < 4.78 is 91.0. The lowest BCUT2D eigenvalue weighted by atomic mass is 9.94. The number of hydrogen-bond donors (Lipinski definition) is 1. The summed E-state index contributed by atoms with van der Waals surface area (Å²) in [6.45, 7) is 5.37. The van der Waals surface area contributed by atoms with Crippen LogP contribution in [0.25, 0.3) is 22.3 Å². The van der Waals surface area contributed by atoms with E-state index < -0.39 is 29.9 Å². The summed E-state index contributed by atoms with van der Waals surface area (Å²) in [7, 11) is 0. The summed E-state index contributed by atoms with van der Waals surface area (Å²) in [5.41, 5.74) is -0.804. The number of nitrogens with zero attached hydrogens (tertiary/aromatic N) is 4. The maximum absolute atomic E-state index is 14.5. The van der Waals surface area contributed by atoms with Crippen LogP contribution in [0.1, 0.15) is 72.1 Å². The van der Waals surface area contributed by atoms with Gasteiger partial charge in [0.15, 0.2) is 6.04 Å². The van der Waals surface area contributed by atoms with Crippen molar-refractivity contribution in [2.75, 3.05) is 32.8 Å². The Hall–Kier alpha value is -4.23. The number of fused-ring (bicyclic) bond motifs is 1. The number of hydrogen-bond acceptors (Lipinski definition) is 6. The second-order valence-corrected chi connectivity index (χ2v) is 12.8. The summed E-state index contributed by atoms with van der Waals surface area (Å²) in [5, 5.41) is 2.20. The zero-order valence-corrected chi connectivity index (χ0v) is 27.7. The monoisotopic (exact) mass is 699 g/mol. The third kappa shape index (κ3) is 8.04. The van der Waals surface area contributed by atoms with Gasteiger partial charge in [0, 0.05) is 29.8 Å². The molecule has 2 saturated heterocycles. The average molecular weight is 700 g/mol. The lowest BCUT2D eigenvalue weighted by Gasteiger charge is -2.40. The normalized spacial score (nSPS) is 17.5. The van der Waals surface area contributed by atoms with E-state index in [1.165, 1.54) is 55.0 Å². The highest BCUT2D eigenvalue weighted by Crippen LogP contribution is 2.38. The maximum atomic E-state index is 14.5. The number of amides is 1. The van der Waals surface area contributed by atoms with Crippen molar-refractivity contribution < 1.29 is 35.9 Å². The van der Waals surface area contributed by atoms with E-state index in [4.69, 9.17) is 9.72 Å². The van der Waals surface area contributed by atoms with Gasteiger partial charge in [-0.05, 0) is 82.5 Å². The van der Waals surface area contributed by atoms with E-state index >= 15 is 0 Å². The number of nitrogens with one attached hydrogen (secondary N) is 1. The first-order valence-electron chi connectivity index (χ1n) is 17.0. The first-order valence-corrected chi connectivity index (χ1v) is 17.0. The number of aromatic nitrogens is 2. The fourth-order valence-electron chi connectivity index (χ4n) is 7.02. The Labute approximate surface area is 286 Å². The quantitative estimate of drug-likeness (QED) is 0.178. The molecule has 2 aliphatic heterocycles. The predicted molar refractivity (Wildman–Crippen MR) is 178 cm³/mol. The van der Waals surface area contributed by atoms with Gasteiger partial charge >= 0.3 is 12.4 Å². The van der Waals surface area contributed by atoms with Crippen molar-refractivity contribution in [3.63, 3.8) is 0 Å². The van der Waals surface area contributed by atoms with Crippen LogP contribution in [-0.2, 0) is 12.7 Å². The van der Waals surface area contributed by atoms with Crippen molar-refractivity contribution in [3.05, 3.63) is 89.0 Å².